The van der Waals surface area contributed by atoms with Crippen molar-refractivity contribution in [3.05, 3.63) is 0 Å². The molecule has 0 aromatic rings. The number of piperidine rings is 1. The van der Waals surface area contributed by atoms with Crippen LogP contribution in [-0.4, -0.2) is 29.7 Å². The van der Waals surface area contributed by atoms with E-state index in [0.717, 1.165) is 13.0 Å². The highest BCUT2D eigenvalue weighted by Gasteiger charge is 2.57. The van der Waals surface area contributed by atoms with E-state index in [2.05, 4.69) is 0 Å². The van der Waals surface area contributed by atoms with Gasteiger partial charge < -0.3 is 4.90 Å². The summed E-state index contributed by atoms with van der Waals surface area (Å²) in [6, 6.07) is 0. The van der Waals surface area contributed by atoms with Crippen LogP contribution in [-0.2, 0) is 9.59 Å². The molecule has 15 heavy (non-hydrogen) atoms. The van der Waals surface area contributed by atoms with Crippen LogP contribution in [0.2, 0.25) is 0 Å². The van der Waals surface area contributed by atoms with E-state index in [1.165, 1.54) is 19.3 Å². The van der Waals surface area contributed by atoms with Crippen LogP contribution in [0.4, 0.5) is 0 Å². The quantitative estimate of drug-likeness (QED) is 0.648. The molecule has 2 atom stereocenters. The Balaban J connectivity index is 1.63. The maximum absolute atomic E-state index is 12.1. The molecule has 3 fully saturated rings. The second-order valence-electron chi connectivity index (χ2n) is 5.19. The van der Waals surface area contributed by atoms with E-state index in [1.54, 1.807) is 4.90 Å². The van der Waals surface area contributed by atoms with Gasteiger partial charge in [-0.3, -0.25) is 9.59 Å². The lowest BCUT2D eigenvalue weighted by atomic mass is 10.1. The standard InChI is InChI=1S/C12H17NO2/c14-8-3-2-6-13(7-8)12(15)11-9-4-1-5-10(9)11/h9-11H,1-7H2. The number of fused-ring (bicyclic) bond motifs is 1. The predicted octanol–water partition coefficient (Wildman–Crippen LogP) is 1.22. The Labute approximate surface area is 89.8 Å². The van der Waals surface area contributed by atoms with Gasteiger partial charge in [-0.25, -0.2) is 0 Å². The zero-order chi connectivity index (χ0) is 10.4. The molecule has 3 aliphatic rings. The first-order valence-electron chi connectivity index (χ1n) is 6.08. The van der Waals surface area contributed by atoms with Gasteiger partial charge in [0.05, 0.1) is 6.54 Å². The number of rotatable bonds is 1. The van der Waals surface area contributed by atoms with E-state index in [4.69, 9.17) is 0 Å². The van der Waals surface area contributed by atoms with Gasteiger partial charge >= 0.3 is 0 Å². The Morgan fingerprint density at radius 3 is 2.60 bits per heavy atom. The third-order valence-electron chi connectivity index (χ3n) is 4.25. The summed E-state index contributed by atoms with van der Waals surface area (Å²) in [6.07, 6.45) is 5.32. The molecule has 0 spiro atoms. The zero-order valence-corrected chi connectivity index (χ0v) is 8.95. The van der Waals surface area contributed by atoms with Crippen molar-refractivity contribution in [1.29, 1.82) is 0 Å². The molecular weight excluding hydrogens is 190 g/mol. The van der Waals surface area contributed by atoms with Crippen molar-refractivity contribution in [1.82, 2.24) is 4.90 Å². The van der Waals surface area contributed by atoms with Crippen molar-refractivity contribution in [2.75, 3.05) is 13.1 Å². The smallest absolute Gasteiger partial charge is 0.226 e. The van der Waals surface area contributed by atoms with Gasteiger partial charge in [0.15, 0.2) is 5.78 Å². The van der Waals surface area contributed by atoms with E-state index in [1.807, 2.05) is 0 Å². The predicted molar refractivity (Wildman–Crippen MR) is 55.1 cm³/mol. The number of amides is 1. The Morgan fingerprint density at radius 2 is 1.93 bits per heavy atom. The van der Waals surface area contributed by atoms with Gasteiger partial charge in [0.2, 0.25) is 5.91 Å². The Bertz CT molecular complexity index is 303. The second-order valence-corrected chi connectivity index (χ2v) is 5.19. The minimum atomic E-state index is 0.236. The molecule has 1 saturated heterocycles. The number of carbonyl (C=O) groups excluding carboxylic acids is 2. The molecule has 3 heteroatoms. The number of hydrogen-bond donors (Lipinski definition) is 0. The van der Waals surface area contributed by atoms with Gasteiger partial charge in [-0.05, 0) is 31.1 Å². The average Bonchev–Trinajstić information content (AvgIpc) is 2.70. The van der Waals surface area contributed by atoms with Crippen molar-refractivity contribution in [2.24, 2.45) is 17.8 Å². The third-order valence-corrected chi connectivity index (χ3v) is 4.25. The highest BCUT2D eigenvalue weighted by atomic mass is 16.2. The molecule has 0 N–H and O–H groups in total. The fourth-order valence-electron chi connectivity index (χ4n) is 3.42. The summed E-state index contributed by atoms with van der Waals surface area (Å²) in [6.45, 7) is 1.19. The van der Waals surface area contributed by atoms with Crippen LogP contribution in [0, 0.1) is 17.8 Å². The van der Waals surface area contributed by atoms with E-state index >= 15 is 0 Å². The minimum absolute atomic E-state index is 0.236. The van der Waals surface area contributed by atoms with E-state index in [9.17, 15) is 9.59 Å². The van der Waals surface area contributed by atoms with Gasteiger partial charge in [0, 0.05) is 18.9 Å². The number of hydrogen-bond acceptors (Lipinski definition) is 2. The number of ketones is 1. The monoisotopic (exact) mass is 207 g/mol. The minimum Gasteiger partial charge on any atom is -0.335 e. The number of nitrogens with zero attached hydrogens (tertiary/aromatic N) is 1. The third kappa shape index (κ3) is 1.48. The molecule has 2 saturated carbocycles. The van der Waals surface area contributed by atoms with Crippen LogP contribution in [0.5, 0.6) is 0 Å². The molecule has 1 aliphatic heterocycles. The number of carbonyl (C=O) groups is 2. The molecule has 3 rings (SSSR count). The lowest BCUT2D eigenvalue weighted by Gasteiger charge is -2.26. The maximum Gasteiger partial charge on any atom is 0.226 e. The largest absolute Gasteiger partial charge is 0.335 e. The first-order chi connectivity index (χ1) is 7.27. The van der Waals surface area contributed by atoms with Crippen LogP contribution in [0.25, 0.3) is 0 Å². The van der Waals surface area contributed by atoms with Gasteiger partial charge in [-0.15, -0.1) is 0 Å². The van der Waals surface area contributed by atoms with Gasteiger partial charge in [0.25, 0.3) is 0 Å². The van der Waals surface area contributed by atoms with Crippen molar-refractivity contribution < 1.29 is 9.59 Å². The molecule has 2 unspecified atom stereocenters. The Morgan fingerprint density at radius 1 is 1.20 bits per heavy atom. The highest BCUT2D eigenvalue weighted by molar-refractivity contribution is 5.89. The molecule has 0 radical (unpaired) electrons. The summed E-state index contributed by atoms with van der Waals surface area (Å²) >= 11 is 0. The van der Waals surface area contributed by atoms with E-state index < -0.39 is 0 Å². The molecular formula is C12H17NO2. The normalized spacial score (nSPS) is 39.1. The molecule has 82 valence electrons. The van der Waals surface area contributed by atoms with Crippen LogP contribution in [0.1, 0.15) is 32.1 Å². The molecule has 1 heterocycles. The van der Waals surface area contributed by atoms with Gasteiger partial charge in [-0.2, -0.15) is 0 Å². The van der Waals surface area contributed by atoms with Gasteiger partial charge in [0.1, 0.15) is 0 Å². The summed E-state index contributed by atoms with van der Waals surface area (Å²) in [5, 5.41) is 0. The summed E-state index contributed by atoms with van der Waals surface area (Å²) in [4.78, 5) is 25.2. The van der Waals surface area contributed by atoms with Crippen molar-refractivity contribution in [3.8, 4) is 0 Å². The topological polar surface area (TPSA) is 37.4 Å². The van der Waals surface area contributed by atoms with Crippen molar-refractivity contribution in [2.45, 2.75) is 32.1 Å². The molecule has 0 bridgehead atoms. The highest BCUT2D eigenvalue weighted by Crippen LogP contribution is 2.58. The van der Waals surface area contributed by atoms with Crippen LogP contribution in [0.3, 0.4) is 0 Å². The summed E-state index contributed by atoms with van der Waals surface area (Å²) in [7, 11) is 0. The first-order valence-corrected chi connectivity index (χ1v) is 6.08. The Hall–Kier alpha value is -0.860. The van der Waals surface area contributed by atoms with Gasteiger partial charge in [-0.1, -0.05) is 6.42 Å². The zero-order valence-electron chi connectivity index (χ0n) is 8.95. The molecule has 3 nitrogen and oxygen atoms in total. The fourth-order valence-corrected chi connectivity index (χ4v) is 3.42. The molecule has 2 aliphatic carbocycles. The second kappa shape index (κ2) is 3.32. The molecule has 0 aromatic heterocycles. The van der Waals surface area contributed by atoms with E-state index in [0.29, 0.717) is 30.7 Å². The van der Waals surface area contributed by atoms with Crippen LogP contribution >= 0.6 is 0 Å². The Kier molecular flexibility index (Phi) is 2.08. The first kappa shape index (κ1) is 9.37. The van der Waals surface area contributed by atoms with Crippen molar-refractivity contribution >= 4 is 11.7 Å². The maximum atomic E-state index is 12.1. The SMILES string of the molecule is O=C1CCCN(C(=O)C2C3CCCC32)C1. The fraction of sp³-hybridized carbons (Fsp3) is 0.833. The lowest BCUT2D eigenvalue weighted by molar-refractivity contribution is -0.139. The van der Waals surface area contributed by atoms with E-state index in [-0.39, 0.29) is 11.7 Å². The molecule has 1 amide bonds. The average molecular weight is 207 g/mol. The summed E-state index contributed by atoms with van der Waals surface area (Å²) in [5.74, 6) is 2.16. The summed E-state index contributed by atoms with van der Waals surface area (Å²) < 4.78 is 0. The van der Waals surface area contributed by atoms with Crippen LogP contribution in [0.15, 0.2) is 0 Å². The number of Topliss-reactive ketones (excluding diaryl/α,β-unsaturated/α-hetero) is 1. The summed E-state index contributed by atoms with van der Waals surface area (Å²) in [5.41, 5.74) is 0. The number of likely N-dealkylation sites (tertiary alicyclic amines) is 1. The molecule has 0 aromatic carbocycles. The lowest BCUT2D eigenvalue weighted by Crippen LogP contribution is -2.41. The van der Waals surface area contributed by atoms with Crippen molar-refractivity contribution in [3.63, 3.8) is 0 Å². The van der Waals surface area contributed by atoms with Crippen LogP contribution < -0.4 is 0 Å².